The van der Waals surface area contributed by atoms with Crippen LogP contribution in [0.3, 0.4) is 0 Å². The maximum absolute atomic E-state index is 6.23. The van der Waals surface area contributed by atoms with Crippen LogP contribution in [0.1, 0.15) is 26.3 Å². The number of hydrogen-bond acceptors (Lipinski definition) is 3. The molecule has 5 nitrogen and oxygen atoms in total. The van der Waals surface area contributed by atoms with Gasteiger partial charge < -0.3 is 20.4 Å². The summed E-state index contributed by atoms with van der Waals surface area (Å²) in [4.78, 5) is 9.88. The molecule has 0 radical (unpaired) electrons. The zero-order valence-corrected chi connectivity index (χ0v) is 20.7. The van der Waals surface area contributed by atoms with E-state index in [1.54, 1.807) is 0 Å². The lowest BCUT2D eigenvalue weighted by Crippen LogP contribution is -2.47. The number of guanidine groups is 1. The molecule has 0 spiro atoms. The Labute approximate surface area is 193 Å². The predicted molar refractivity (Wildman–Crippen MR) is 132 cm³/mol. The Bertz CT molecular complexity index is 576. The van der Waals surface area contributed by atoms with E-state index in [4.69, 9.17) is 16.6 Å². The summed E-state index contributed by atoms with van der Waals surface area (Å²) in [5.41, 5.74) is 1.17. The number of halogens is 2. The highest BCUT2D eigenvalue weighted by Crippen LogP contribution is 2.14. The van der Waals surface area contributed by atoms with Crippen LogP contribution < -0.4 is 10.6 Å². The van der Waals surface area contributed by atoms with Crippen molar-refractivity contribution in [2.75, 3.05) is 58.9 Å². The van der Waals surface area contributed by atoms with Gasteiger partial charge in [-0.15, -0.1) is 24.0 Å². The molecule has 1 aliphatic rings. The number of likely N-dealkylation sites (N-methyl/N-ethyl adjacent to an activating group) is 1. The summed E-state index contributed by atoms with van der Waals surface area (Å²) >= 11 is 6.23. The fourth-order valence-electron chi connectivity index (χ4n) is 3.39. The smallest absolute Gasteiger partial charge is 0.191 e. The molecule has 1 heterocycles. The summed E-state index contributed by atoms with van der Waals surface area (Å²) in [6.45, 7) is 16.2. The van der Waals surface area contributed by atoms with E-state index in [-0.39, 0.29) is 24.0 Å². The molecule has 2 rings (SSSR count). The van der Waals surface area contributed by atoms with Crippen molar-refractivity contribution in [3.05, 3.63) is 34.9 Å². The van der Waals surface area contributed by atoms with Crippen molar-refractivity contribution in [3.8, 4) is 0 Å². The molecule has 160 valence electrons. The second kappa shape index (κ2) is 14.4. The van der Waals surface area contributed by atoms with Crippen LogP contribution in [0.15, 0.2) is 29.3 Å². The molecule has 1 aromatic rings. The summed E-state index contributed by atoms with van der Waals surface area (Å²) in [7, 11) is 0. The lowest BCUT2D eigenvalue weighted by molar-refractivity contribution is 0.125. The monoisotopic (exact) mass is 521 g/mol. The maximum Gasteiger partial charge on any atom is 0.191 e. The maximum atomic E-state index is 6.23. The van der Waals surface area contributed by atoms with Crippen molar-refractivity contribution in [2.24, 2.45) is 10.9 Å². The standard InChI is InChI=1S/C21H36ClN5.HI/c1-4-23-21(24-11-10-19-8-6-7-9-20(19)22)25-16-18(3)17-27-14-12-26(5-2)13-15-27;/h6-9,18H,4-5,10-17H2,1-3H3,(H2,23,24,25);1H. The van der Waals surface area contributed by atoms with Gasteiger partial charge in [0.1, 0.15) is 0 Å². The molecule has 1 fully saturated rings. The number of aliphatic imine (C=N–C) groups is 1. The second-order valence-corrected chi connectivity index (χ2v) is 7.74. The molecular formula is C21H37ClIN5. The summed E-state index contributed by atoms with van der Waals surface area (Å²) < 4.78 is 0. The third-order valence-electron chi connectivity index (χ3n) is 5.03. The van der Waals surface area contributed by atoms with E-state index in [0.29, 0.717) is 5.92 Å². The largest absolute Gasteiger partial charge is 0.357 e. The quantitative estimate of drug-likeness (QED) is 0.297. The van der Waals surface area contributed by atoms with Crippen molar-refractivity contribution in [3.63, 3.8) is 0 Å². The second-order valence-electron chi connectivity index (χ2n) is 7.33. The molecule has 2 N–H and O–H groups in total. The Kier molecular flexibility index (Phi) is 13.1. The van der Waals surface area contributed by atoms with Crippen molar-refractivity contribution in [1.82, 2.24) is 20.4 Å². The van der Waals surface area contributed by atoms with E-state index in [2.05, 4.69) is 47.3 Å². The highest BCUT2D eigenvalue weighted by molar-refractivity contribution is 14.0. The average Bonchev–Trinajstić information content (AvgIpc) is 2.68. The van der Waals surface area contributed by atoms with Gasteiger partial charge in [-0.25, -0.2) is 0 Å². The molecule has 0 bridgehead atoms. The molecule has 1 atom stereocenters. The highest BCUT2D eigenvalue weighted by Gasteiger charge is 2.17. The summed E-state index contributed by atoms with van der Waals surface area (Å²) in [6.07, 6.45) is 0.890. The van der Waals surface area contributed by atoms with Crippen molar-refractivity contribution >= 4 is 41.5 Å². The minimum Gasteiger partial charge on any atom is -0.357 e. The van der Waals surface area contributed by atoms with Crippen LogP contribution in [-0.4, -0.2) is 74.7 Å². The first-order valence-corrected chi connectivity index (χ1v) is 10.7. The van der Waals surface area contributed by atoms with Crippen LogP contribution in [0, 0.1) is 5.92 Å². The Morgan fingerprint density at radius 1 is 1.11 bits per heavy atom. The third kappa shape index (κ3) is 9.29. The van der Waals surface area contributed by atoms with Gasteiger partial charge >= 0.3 is 0 Å². The Morgan fingerprint density at radius 2 is 1.79 bits per heavy atom. The summed E-state index contributed by atoms with van der Waals surface area (Å²) in [5.74, 6) is 1.45. The highest BCUT2D eigenvalue weighted by atomic mass is 127. The zero-order chi connectivity index (χ0) is 19.5. The molecule has 1 saturated heterocycles. The van der Waals surface area contributed by atoms with Gasteiger partial charge in [-0.1, -0.05) is 43.6 Å². The zero-order valence-electron chi connectivity index (χ0n) is 17.6. The third-order valence-corrected chi connectivity index (χ3v) is 5.40. The van der Waals surface area contributed by atoms with Gasteiger partial charge in [-0.3, -0.25) is 4.99 Å². The van der Waals surface area contributed by atoms with Crippen molar-refractivity contribution in [2.45, 2.75) is 27.2 Å². The number of nitrogens with zero attached hydrogens (tertiary/aromatic N) is 3. The normalized spacial score (nSPS) is 17.1. The molecule has 7 heteroatoms. The molecule has 28 heavy (non-hydrogen) atoms. The van der Waals surface area contributed by atoms with Crippen molar-refractivity contribution < 1.29 is 0 Å². The lowest BCUT2D eigenvalue weighted by Gasteiger charge is -2.35. The van der Waals surface area contributed by atoms with Gasteiger partial charge in [0.05, 0.1) is 0 Å². The van der Waals surface area contributed by atoms with Gasteiger partial charge in [0.2, 0.25) is 0 Å². The predicted octanol–water partition coefficient (Wildman–Crippen LogP) is 3.33. The van der Waals surface area contributed by atoms with Crippen LogP contribution in [-0.2, 0) is 6.42 Å². The lowest BCUT2D eigenvalue weighted by atomic mass is 10.1. The average molecular weight is 522 g/mol. The van der Waals surface area contributed by atoms with E-state index >= 15 is 0 Å². The molecule has 0 saturated carbocycles. The van der Waals surface area contributed by atoms with E-state index < -0.39 is 0 Å². The van der Waals surface area contributed by atoms with Crippen LogP contribution in [0.4, 0.5) is 0 Å². The van der Waals surface area contributed by atoms with Crippen LogP contribution in [0.5, 0.6) is 0 Å². The van der Waals surface area contributed by atoms with Gasteiger partial charge in [0.15, 0.2) is 5.96 Å². The topological polar surface area (TPSA) is 42.9 Å². The van der Waals surface area contributed by atoms with Gasteiger partial charge in [0.25, 0.3) is 0 Å². The first-order chi connectivity index (χ1) is 13.1. The Morgan fingerprint density at radius 3 is 2.43 bits per heavy atom. The van der Waals surface area contributed by atoms with Gasteiger partial charge in [-0.05, 0) is 37.4 Å². The molecule has 0 amide bonds. The fourth-order valence-corrected chi connectivity index (χ4v) is 3.62. The number of benzene rings is 1. The molecule has 1 aliphatic heterocycles. The fraction of sp³-hybridized carbons (Fsp3) is 0.667. The first kappa shape index (κ1) is 25.5. The van der Waals surface area contributed by atoms with Crippen molar-refractivity contribution in [1.29, 1.82) is 0 Å². The molecule has 0 aliphatic carbocycles. The van der Waals surface area contributed by atoms with Gasteiger partial charge in [-0.2, -0.15) is 0 Å². The van der Waals surface area contributed by atoms with Crippen LogP contribution in [0.2, 0.25) is 5.02 Å². The van der Waals surface area contributed by atoms with E-state index in [1.807, 2.05) is 18.2 Å². The molecule has 1 aromatic carbocycles. The van der Waals surface area contributed by atoms with Crippen LogP contribution >= 0.6 is 35.6 Å². The SMILES string of the molecule is CCNC(=NCC(C)CN1CCN(CC)CC1)NCCc1ccccc1Cl.I. The van der Waals surface area contributed by atoms with E-state index in [1.165, 1.54) is 38.3 Å². The summed E-state index contributed by atoms with van der Waals surface area (Å²) in [5, 5.41) is 7.60. The minimum atomic E-state index is 0. The Hall–Kier alpha value is -0.570. The molecule has 0 aromatic heterocycles. The number of nitrogens with one attached hydrogen (secondary N) is 2. The van der Waals surface area contributed by atoms with E-state index in [0.717, 1.165) is 43.6 Å². The van der Waals surface area contributed by atoms with Gasteiger partial charge in [0, 0.05) is 57.4 Å². The first-order valence-electron chi connectivity index (χ1n) is 10.3. The minimum absolute atomic E-state index is 0. The molecule has 1 unspecified atom stereocenters. The van der Waals surface area contributed by atoms with E-state index in [9.17, 15) is 0 Å². The molecular weight excluding hydrogens is 485 g/mol. The van der Waals surface area contributed by atoms with Crippen LogP contribution in [0.25, 0.3) is 0 Å². The number of rotatable bonds is 9. The number of piperazine rings is 1. The Balaban J connectivity index is 0.00000392. The number of hydrogen-bond donors (Lipinski definition) is 2. The summed E-state index contributed by atoms with van der Waals surface area (Å²) in [6, 6.07) is 8.02.